The first-order valence-corrected chi connectivity index (χ1v) is 8.41. The maximum atomic E-state index is 2.55. The van der Waals surface area contributed by atoms with Crippen molar-refractivity contribution in [3.8, 4) is 0 Å². The fourth-order valence-corrected chi connectivity index (χ4v) is 4.18. The summed E-state index contributed by atoms with van der Waals surface area (Å²) in [5.41, 5.74) is 6.92. The van der Waals surface area contributed by atoms with Crippen molar-refractivity contribution in [2.75, 3.05) is 0 Å². The Kier molecular flexibility index (Phi) is 3.52. The lowest BCUT2D eigenvalue weighted by Gasteiger charge is -2.25. The first-order chi connectivity index (χ1) is 9.57. The molecule has 0 amide bonds. The predicted molar refractivity (Wildman–Crippen MR) is 88.1 cm³/mol. The number of rotatable bonds is 4. The van der Waals surface area contributed by atoms with Crippen molar-refractivity contribution in [3.05, 3.63) is 40.5 Å². The van der Waals surface area contributed by atoms with Crippen LogP contribution in [0.3, 0.4) is 0 Å². The van der Waals surface area contributed by atoms with Gasteiger partial charge in [0.15, 0.2) is 0 Å². The van der Waals surface area contributed by atoms with Gasteiger partial charge in [-0.05, 0) is 65.7 Å². The van der Waals surface area contributed by atoms with Crippen LogP contribution in [0.5, 0.6) is 0 Å². The standard InChI is InChI=1S/C20H28/c1-5-20(6-2)12-17-10-16-8-7-15(9-14(3)4)19(16)11-18(17)13-20/h7-8,10-11,14-15H,5-6,9,12-13H2,1-4H3. The molecule has 0 radical (unpaired) electrons. The molecular weight excluding hydrogens is 240 g/mol. The van der Waals surface area contributed by atoms with Gasteiger partial charge < -0.3 is 0 Å². The van der Waals surface area contributed by atoms with Crippen molar-refractivity contribution in [2.24, 2.45) is 11.3 Å². The van der Waals surface area contributed by atoms with Gasteiger partial charge in [-0.15, -0.1) is 0 Å². The molecule has 3 rings (SSSR count). The lowest BCUT2D eigenvalue weighted by atomic mass is 9.80. The Bertz CT molecular complexity index is 529. The van der Waals surface area contributed by atoms with Crippen molar-refractivity contribution < 1.29 is 0 Å². The molecule has 108 valence electrons. The fourth-order valence-electron chi connectivity index (χ4n) is 4.18. The number of allylic oxidation sites excluding steroid dienone is 1. The largest absolute Gasteiger partial charge is 0.0764 e. The molecular formula is C20H28. The Balaban J connectivity index is 1.92. The minimum absolute atomic E-state index is 0.550. The van der Waals surface area contributed by atoms with Crippen molar-refractivity contribution in [3.63, 3.8) is 0 Å². The first-order valence-electron chi connectivity index (χ1n) is 8.41. The molecule has 1 aromatic carbocycles. The maximum absolute atomic E-state index is 2.55. The van der Waals surface area contributed by atoms with Crippen LogP contribution in [0.15, 0.2) is 18.2 Å². The molecule has 0 nitrogen and oxygen atoms in total. The van der Waals surface area contributed by atoms with Gasteiger partial charge in [-0.2, -0.15) is 0 Å². The van der Waals surface area contributed by atoms with Gasteiger partial charge in [0.1, 0.15) is 0 Å². The van der Waals surface area contributed by atoms with Gasteiger partial charge in [0.2, 0.25) is 0 Å². The van der Waals surface area contributed by atoms with E-state index >= 15 is 0 Å². The van der Waals surface area contributed by atoms with E-state index in [4.69, 9.17) is 0 Å². The quantitative estimate of drug-likeness (QED) is 0.652. The summed E-state index contributed by atoms with van der Waals surface area (Å²) >= 11 is 0. The van der Waals surface area contributed by atoms with Gasteiger partial charge in [-0.1, -0.05) is 52.0 Å². The number of benzene rings is 1. The highest BCUT2D eigenvalue weighted by atomic mass is 14.4. The number of hydrogen-bond acceptors (Lipinski definition) is 0. The molecule has 0 saturated heterocycles. The molecule has 1 unspecified atom stereocenters. The Labute approximate surface area is 124 Å². The van der Waals surface area contributed by atoms with E-state index in [0.29, 0.717) is 11.3 Å². The molecule has 0 bridgehead atoms. The average Bonchev–Trinajstić information content (AvgIpc) is 2.97. The van der Waals surface area contributed by atoms with Gasteiger partial charge in [0, 0.05) is 5.92 Å². The second-order valence-electron chi connectivity index (χ2n) is 7.41. The summed E-state index contributed by atoms with van der Waals surface area (Å²) < 4.78 is 0. The van der Waals surface area contributed by atoms with Crippen LogP contribution in [0.4, 0.5) is 0 Å². The molecule has 20 heavy (non-hydrogen) atoms. The minimum atomic E-state index is 0.550. The minimum Gasteiger partial charge on any atom is -0.0764 e. The monoisotopic (exact) mass is 268 g/mol. The molecule has 2 aliphatic rings. The van der Waals surface area contributed by atoms with Crippen LogP contribution >= 0.6 is 0 Å². The topological polar surface area (TPSA) is 0 Å². The summed E-state index contributed by atoms with van der Waals surface area (Å²) in [5.74, 6) is 1.43. The first kappa shape index (κ1) is 13.9. The zero-order valence-electron chi connectivity index (χ0n) is 13.5. The number of hydrogen-bond donors (Lipinski definition) is 0. The summed E-state index contributed by atoms with van der Waals surface area (Å²) in [7, 11) is 0. The van der Waals surface area contributed by atoms with Crippen LogP contribution in [0.1, 0.15) is 75.1 Å². The lowest BCUT2D eigenvalue weighted by Crippen LogP contribution is -2.18. The summed E-state index contributed by atoms with van der Waals surface area (Å²) in [5, 5.41) is 0. The molecule has 0 fully saturated rings. The van der Waals surface area contributed by atoms with Crippen LogP contribution < -0.4 is 0 Å². The molecule has 0 aromatic heterocycles. The van der Waals surface area contributed by atoms with E-state index in [1.54, 1.807) is 16.7 Å². The van der Waals surface area contributed by atoms with E-state index in [2.05, 4.69) is 52.0 Å². The summed E-state index contributed by atoms with van der Waals surface area (Å²) in [6.07, 6.45) is 11.3. The Morgan fingerprint density at radius 2 is 1.75 bits per heavy atom. The molecule has 0 N–H and O–H groups in total. The van der Waals surface area contributed by atoms with Gasteiger partial charge >= 0.3 is 0 Å². The normalized spacial score (nSPS) is 22.4. The SMILES string of the molecule is CCC1(CC)Cc2cc3c(cc2C1)C(CC(C)C)C=C3. The zero-order valence-corrected chi connectivity index (χ0v) is 13.5. The molecule has 0 saturated carbocycles. The average molecular weight is 268 g/mol. The highest BCUT2D eigenvalue weighted by Crippen LogP contribution is 2.45. The van der Waals surface area contributed by atoms with Crippen LogP contribution in [0, 0.1) is 11.3 Å². The van der Waals surface area contributed by atoms with Crippen LogP contribution in [-0.2, 0) is 12.8 Å². The van der Waals surface area contributed by atoms with Gasteiger partial charge in [-0.3, -0.25) is 0 Å². The van der Waals surface area contributed by atoms with Crippen LogP contribution in [0.2, 0.25) is 0 Å². The van der Waals surface area contributed by atoms with Crippen LogP contribution in [-0.4, -0.2) is 0 Å². The third-order valence-corrected chi connectivity index (χ3v) is 5.67. The van der Waals surface area contributed by atoms with E-state index in [1.807, 2.05) is 0 Å². The van der Waals surface area contributed by atoms with E-state index in [-0.39, 0.29) is 0 Å². The molecule has 0 spiro atoms. The second-order valence-corrected chi connectivity index (χ2v) is 7.41. The highest BCUT2D eigenvalue weighted by Gasteiger charge is 2.35. The Morgan fingerprint density at radius 1 is 1.10 bits per heavy atom. The van der Waals surface area contributed by atoms with Gasteiger partial charge in [0.25, 0.3) is 0 Å². The smallest absolute Gasteiger partial charge is 0.00297 e. The van der Waals surface area contributed by atoms with Gasteiger partial charge in [-0.25, -0.2) is 0 Å². The van der Waals surface area contributed by atoms with Crippen molar-refractivity contribution in [2.45, 2.75) is 65.7 Å². The third kappa shape index (κ3) is 2.24. The summed E-state index contributed by atoms with van der Waals surface area (Å²) in [4.78, 5) is 0. The fraction of sp³-hybridized carbons (Fsp3) is 0.600. The van der Waals surface area contributed by atoms with Crippen molar-refractivity contribution in [1.82, 2.24) is 0 Å². The third-order valence-electron chi connectivity index (χ3n) is 5.67. The highest BCUT2D eigenvalue weighted by molar-refractivity contribution is 5.65. The summed E-state index contributed by atoms with van der Waals surface area (Å²) in [6, 6.07) is 5.04. The van der Waals surface area contributed by atoms with E-state index < -0.39 is 0 Å². The predicted octanol–water partition coefficient (Wildman–Crippen LogP) is 5.75. The molecule has 0 aliphatic heterocycles. The van der Waals surface area contributed by atoms with Crippen molar-refractivity contribution >= 4 is 6.08 Å². The summed E-state index contributed by atoms with van der Waals surface area (Å²) in [6.45, 7) is 9.39. The molecule has 1 aromatic rings. The second kappa shape index (κ2) is 5.06. The van der Waals surface area contributed by atoms with E-state index in [0.717, 1.165) is 5.92 Å². The van der Waals surface area contributed by atoms with Gasteiger partial charge in [0.05, 0.1) is 0 Å². The molecule has 2 aliphatic carbocycles. The van der Waals surface area contributed by atoms with Crippen molar-refractivity contribution in [1.29, 1.82) is 0 Å². The molecule has 0 heteroatoms. The Hall–Kier alpha value is -1.04. The maximum Gasteiger partial charge on any atom is 0.00297 e. The van der Waals surface area contributed by atoms with E-state index in [9.17, 15) is 0 Å². The zero-order chi connectivity index (χ0) is 14.3. The molecule has 0 heterocycles. The van der Waals surface area contributed by atoms with Crippen LogP contribution in [0.25, 0.3) is 6.08 Å². The van der Waals surface area contributed by atoms with E-state index in [1.165, 1.54) is 37.7 Å². The number of fused-ring (bicyclic) bond motifs is 2. The lowest BCUT2D eigenvalue weighted by molar-refractivity contribution is 0.280. The molecule has 1 atom stereocenters. The Morgan fingerprint density at radius 3 is 2.35 bits per heavy atom.